The number of nitrogens with zero attached hydrogens (tertiary/aromatic N) is 3. The maximum Gasteiger partial charge on any atom is 0.119 e. The minimum absolute atomic E-state index is 0.224. The van der Waals surface area contributed by atoms with Crippen molar-refractivity contribution < 1.29 is 4.74 Å². The van der Waals surface area contributed by atoms with E-state index in [1.165, 1.54) is 0 Å². The van der Waals surface area contributed by atoms with Gasteiger partial charge in [-0.15, -0.1) is 11.6 Å². The number of amidine groups is 1. The first-order valence-electron chi connectivity index (χ1n) is 6.29. The lowest BCUT2D eigenvalue weighted by Gasteiger charge is -2.06. The van der Waals surface area contributed by atoms with Crippen molar-refractivity contribution in [2.75, 3.05) is 12.5 Å². The van der Waals surface area contributed by atoms with Crippen LogP contribution in [-0.4, -0.2) is 28.1 Å². The van der Waals surface area contributed by atoms with E-state index in [2.05, 4.69) is 10.1 Å². The molecule has 0 amide bonds. The molecule has 20 heavy (non-hydrogen) atoms. The predicted octanol–water partition coefficient (Wildman–Crippen LogP) is 2.50. The van der Waals surface area contributed by atoms with Crippen molar-refractivity contribution >= 4 is 23.1 Å². The summed E-state index contributed by atoms with van der Waals surface area (Å²) in [4.78, 5) is 4.14. The third kappa shape index (κ3) is 4.28. The monoisotopic (exact) mass is 292 g/mol. The third-order valence-corrected chi connectivity index (χ3v) is 2.88. The molecular weight excluding hydrogens is 276 g/mol. The van der Waals surface area contributed by atoms with Crippen molar-refractivity contribution in [3.8, 4) is 5.75 Å². The average molecular weight is 293 g/mol. The van der Waals surface area contributed by atoms with Crippen LogP contribution in [0.2, 0.25) is 0 Å². The second-order valence-corrected chi connectivity index (χ2v) is 4.57. The van der Waals surface area contributed by atoms with E-state index in [-0.39, 0.29) is 5.88 Å². The van der Waals surface area contributed by atoms with Gasteiger partial charge >= 0.3 is 0 Å². The molecule has 1 aromatic carbocycles. The standard InChI is InChI=1S/C14H17ClN4O/c1-11-6-7-19(18-11)8-9-20-13-4-2-12(3-5-13)17-14(16)10-15/h2-7H,8-10H2,1H3,(H2,16,17). The van der Waals surface area contributed by atoms with E-state index >= 15 is 0 Å². The van der Waals surface area contributed by atoms with Gasteiger partial charge in [0.25, 0.3) is 0 Å². The Balaban J connectivity index is 1.84. The molecule has 1 aromatic heterocycles. The number of aryl methyl sites for hydroxylation is 1. The normalized spacial score (nSPS) is 11.6. The first-order chi connectivity index (χ1) is 9.67. The first-order valence-corrected chi connectivity index (χ1v) is 6.83. The third-order valence-electron chi connectivity index (χ3n) is 2.61. The Morgan fingerprint density at radius 1 is 1.35 bits per heavy atom. The molecule has 106 valence electrons. The van der Waals surface area contributed by atoms with Crippen molar-refractivity contribution in [1.29, 1.82) is 0 Å². The number of aliphatic imine (C=N–C) groups is 1. The molecule has 0 saturated carbocycles. The van der Waals surface area contributed by atoms with Crippen molar-refractivity contribution in [2.45, 2.75) is 13.5 Å². The molecule has 1 heterocycles. The van der Waals surface area contributed by atoms with Gasteiger partial charge in [0.15, 0.2) is 0 Å². The predicted molar refractivity (Wildman–Crippen MR) is 80.9 cm³/mol. The fourth-order valence-corrected chi connectivity index (χ4v) is 1.72. The van der Waals surface area contributed by atoms with E-state index < -0.39 is 0 Å². The molecule has 6 heteroatoms. The van der Waals surface area contributed by atoms with Gasteiger partial charge in [0.2, 0.25) is 0 Å². The maximum atomic E-state index is 5.64. The molecule has 0 aliphatic carbocycles. The van der Waals surface area contributed by atoms with Crippen LogP contribution in [0.3, 0.4) is 0 Å². The van der Waals surface area contributed by atoms with E-state index in [0.717, 1.165) is 17.1 Å². The molecule has 2 rings (SSSR count). The lowest BCUT2D eigenvalue weighted by molar-refractivity contribution is 0.291. The SMILES string of the molecule is Cc1ccn(CCOc2ccc(N=C(N)CCl)cc2)n1. The van der Waals surface area contributed by atoms with Gasteiger partial charge < -0.3 is 10.5 Å². The van der Waals surface area contributed by atoms with Crippen LogP contribution in [-0.2, 0) is 6.54 Å². The van der Waals surface area contributed by atoms with E-state index in [1.54, 1.807) is 0 Å². The Hall–Kier alpha value is -2.01. The number of aromatic nitrogens is 2. The molecule has 0 fully saturated rings. The van der Waals surface area contributed by atoms with Gasteiger partial charge in [0, 0.05) is 6.20 Å². The molecule has 0 spiro atoms. The smallest absolute Gasteiger partial charge is 0.119 e. The summed E-state index contributed by atoms with van der Waals surface area (Å²) < 4.78 is 7.50. The Bertz CT molecular complexity index is 577. The van der Waals surface area contributed by atoms with Crippen molar-refractivity contribution in [1.82, 2.24) is 9.78 Å². The number of ether oxygens (including phenoxy) is 1. The van der Waals surface area contributed by atoms with Gasteiger partial charge in [-0.05, 0) is 37.3 Å². The van der Waals surface area contributed by atoms with Crippen molar-refractivity contribution in [3.63, 3.8) is 0 Å². The minimum atomic E-state index is 0.224. The molecule has 0 aliphatic rings. The van der Waals surface area contributed by atoms with Gasteiger partial charge in [-0.25, -0.2) is 4.99 Å². The highest BCUT2D eigenvalue weighted by Crippen LogP contribution is 2.18. The summed E-state index contributed by atoms with van der Waals surface area (Å²) in [6.45, 7) is 3.24. The van der Waals surface area contributed by atoms with Crippen LogP contribution in [0.4, 0.5) is 5.69 Å². The van der Waals surface area contributed by atoms with Gasteiger partial charge in [0.05, 0.1) is 23.8 Å². The maximum absolute atomic E-state index is 5.64. The van der Waals surface area contributed by atoms with Gasteiger partial charge in [-0.2, -0.15) is 5.10 Å². The average Bonchev–Trinajstić information content (AvgIpc) is 2.86. The molecule has 2 aromatic rings. The fraction of sp³-hybridized carbons (Fsp3) is 0.286. The van der Waals surface area contributed by atoms with E-state index in [4.69, 9.17) is 22.1 Å². The number of rotatable bonds is 6. The fourth-order valence-electron chi connectivity index (χ4n) is 1.66. The van der Waals surface area contributed by atoms with Gasteiger partial charge in [-0.1, -0.05) is 0 Å². The zero-order chi connectivity index (χ0) is 14.4. The Labute approximate surface area is 123 Å². The molecule has 5 nitrogen and oxygen atoms in total. The molecule has 0 saturated heterocycles. The number of halogens is 1. The summed E-state index contributed by atoms with van der Waals surface area (Å²) in [6.07, 6.45) is 1.94. The lowest BCUT2D eigenvalue weighted by Crippen LogP contribution is -2.12. The number of nitrogens with two attached hydrogens (primary N) is 1. The van der Waals surface area contributed by atoms with Crippen molar-refractivity contribution in [2.24, 2.45) is 10.7 Å². The molecule has 2 N–H and O–H groups in total. The largest absolute Gasteiger partial charge is 0.492 e. The van der Waals surface area contributed by atoms with E-state index in [0.29, 0.717) is 19.0 Å². The number of hydrogen-bond acceptors (Lipinski definition) is 3. The second kappa shape index (κ2) is 6.96. The molecule has 0 atom stereocenters. The minimum Gasteiger partial charge on any atom is -0.492 e. The van der Waals surface area contributed by atoms with Crippen LogP contribution < -0.4 is 10.5 Å². The molecule has 0 unspecified atom stereocenters. The van der Waals surface area contributed by atoms with Crippen LogP contribution in [0.1, 0.15) is 5.69 Å². The summed E-state index contributed by atoms with van der Waals surface area (Å²) in [6, 6.07) is 9.36. The highest BCUT2D eigenvalue weighted by Gasteiger charge is 1.97. The Kier molecular flexibility index (Phi) is 5.01. The molecular formula is C14H17ClN4O. The molecule has 0 bridgehead atoms. The topological polar surface area (TPSA) is 65.4 Å². The molecule has 0 aliphatic heterocycles. The first kappa shape index (κ1) is 14.4. The van der Waals surface area contributed by atoms with E-state index in [1.807, 2.05) is 48.1 Å². The second-order valence-electron chi connectivity index (χ2n) is 4.30. The Morgan fingerprint density at radius 2 is 2.10 bits per heavy atom. The highest BCUT2D eigenvalue weighted by atomic mass is 35.5. The summed E-state index contributed by atoms with van der Waals surface area (Å²) in [5.41, 5.74) is 7.33. The zero-order valence-corrected chi connectivity index (χ0v) is 12.0. The summed E-state index contributed by atoms with van der Waals surface area (Å²) in [5, 5.41) is 4.29. The summed E-state index contributed by atoms with van der Waals surface area (Å²) >= 11 is 5.57. The van der Waals surface area contributed by atoms with Crippen molar-refractivity contribution in [3.05, 3.63) is 42.2 Å². The molecule has 0 radical (unpaired) electrons. The number of hydrogen-bond donors (Lipinski definition) is 1. The van der Waals surface area contributed by atoms with Gasteiger partial charge in [0.1, 0.15) is 18.2 Å². The van der Waals surface area contributed by atoms with Crippen LogP contribution in [0.15, 0.2) is 41.5 Å². The van der Waals surface area contributed by atoms with Crippen LogP contribution in [0, 0.1) is 6.92 Å². The van der Waals surface area contributed by atoms with Crippen LogP contribution in [0.5, 0.6) is 5.75 Å². The van der Waals surface area contributed by atoms with E-state index in [9.17, 15) is 0 Å². The van der Waals surface area contributed by atoms with Gasteiger partial charge in [-0.3, -0.25) is 4.68 Å². The lowest BCUT2D eigenvalue weighted by atomic mass is 10.3. The summed E-state index contributed by atoms with van der Waals surface area (Å²) in [7, 11) is 0. The van der Waals surface area contributed by atoms with Crippen LogP contribution >= 0.6 is 11.6 Å². The quantitative estimate of drug-likeness (QED) is 0.505. The zero-order valence-electron chi connectivity index (χ0n) is 11.3. The number of alkyl halides is 1. The number of benzene rings is 1. The summed E-state index contributed by atoms with van der Waals surface area (Å²) in [5.74, 6) is 1.41. The van der Waals surface area contributed by atoms with Crippen LogP contribution in [0.25, 0.3) is 0 Å². The highest BCUT2D eigenvalue weighted by molar-refractivity contribution is 6.28. The Morgan fingerprint density at radius 3 is 2.70 bits per heavy atom.